The molecule has 1 aromatic carbocycles. The van der Waals surface area contributed by atoms with E-state index in [0.717, 1.165) is 25.9 Å². The standard InChI is InChI=1S/C21H26N6O2/c1-15(2)16-6-8-17(9-7-16)23-18(28)14-27-21(29)26-13-10-22-19(20(26)24-27)25-11-4-3-5-12-25/h6-10,13,15H,3-5,11-12,14H2,1-2H3,(H,23,28). The lowest BCUT2D eigenvalue weighted by molar-refractivity contribution is -0.117. The van der Waals surface area contributed by atoms with Crippen LogP contribution in [0.3, 0.4) is 0 Å². The lowest BCUT2D eigenvalue weighted by Crippen LogP contribution is -2.30. The van der Waals surface area contributed by atoms with E-state index >= 15 is 0 Å². The zero-order valence-electron chi connectivity index (χ0n) is 16.8. The topological polar surface area (TPSA) is 84.5 Å². The molecule has 152 valence electrons. The van der Waals surface area contributed by atoms with Crippen LogP contribution in [0.4, 0.5) is 11.5 Å². The Hall–Kier alpha value is -3.16. The first kappa shape index (κ1) is 19.2. The molecule has 1 aliphatic rings. The molecule has 0 spiro atoms. The van der Waals surface area contributed by atoms with Gasteiger partial charge in [-0.1, -0.05) is 26.0 Å². The minimum Gasteiger partial charge on any atom is -0.353 e. The maximum absolute atomic E-state index is 12.7. The number of rotatable bonds is 5. The summed E-state index contributed by atoms with van der Waals surface area (Å²) in [6.45, 7) is 5.90. The number of benzene rings is 1. The van der Waals surface area contributed by atoms with E-state index < -0.39 is 0 Å². The summed E-state index contributed by atoms with van der Waals surface area (Å²) in [4.78, 5) is 31.8. The van der Waals surface area contributed by atoms with Crippen LogP contribution in [0, 0.1) is 0 Å². The second-order valence-electron chi connectivity index (χ2n) is 7.76. The largest absolute Gasteiger partial charge is 0.353 e. The average molecular weight is 394 g/mol. The molecule has 0 atom stereocenters. The Morgan fingerprint density at radius 2 is 1.86 bits per heavy atom. The molecule has 4 rings (SSSR count). The lowest BCUT2D eigenvalue weighted by atomic mass is 10.0. The third-order valence-corrected chi connectivity index (χ3v) is 5.29. The van der Waals surface area contributed by atoms with Gasteiger partial charge < -0.3 is 10.2 Å². The molecule has 1 fully saturated rings. The van der Waals surface area contributed by atoms with Crippen molar-refractivity contribution in [2.45, 2.75) is 45.6 Å². The predicted octanol–water partition coefficient (Wildman–Crippen LogP) is 2.64. The third kappa shape index (κ3) is 4.01. The third-order valence-electron chi connectivity index (χ3n) is 5.29. The highest BCUT2D eigenvalue weighted by atomic mass is 16.2. The first-order valence-corrected chi connectivity index (χ1v) is 10.1. The highest BCUT2D eigenvalue weighted by molar-refractivity contribution is 5.90. The fourth-order valence-corrected chi connectivity index (χ4v) is 3.66. The molecule has 0 radical (unpaired) electrons. The van der Waals surface area contributed by atoms with Gasteiger partial charge in [0, 0.05) is 31.2 Å². The smallest absolute Gasteiger partial charge is 0.350 e. The molecular weight excluding hydrogens is 368 g/mol. The first-order valence-electron chi connectivity index (χ1n) is 10.1. The van der Waals surface area contributed by atoms with Crippen LogP contribution in [0.5, 0.6) is 0 Å². The summed E-state index contributed by atoms with van der Waals surface area (Å²) in [5.74, 6) is 0.840. The monoisotopic (exact) mass is 394 g/mol. The Morgan fingerprint density at radius 1 is 1.14 bits per heavy atom. The Balaban J connectivity index is 1.54. The van der Waals surface area contributed by atoms with E-state index in [0.29, 0.717) is 23.1 Å². The van der Waals surface area contributed by atoms with Crippen LogP contribution < -0.4 is 15.9 Å². The van der Waals surface area contributed by atoms with Gasteiger partial charge in [0.2, 0.25) is 11.6 Å². The zero-order chi connectivity index (χ0) is 20.4. The number of amides is 1. The van der Waals surface area contributed by atoms with E-state index in [-0.39, 0.29) is 18.1 Å². The van der Waals surface area contributed by atoms with Crippen LogP contribution >= 0.6 is 0 Å². The predicted molar refractivity (Wildman–Crippen MR) is 112 cm³/mol. The Kier molecular flexibility index (Phi) is 5.33. The summed E-state index contributed by atoms with van der Waals surface area (Å²) in [5, 5.41) is 7.24. The van der Waals surface area contributed by atoms with Crippen LogP contribution in [-0.4, -0.2) is 38.2 Å². The fraction of sp³-hybridized carbons (Fsp3) is 0.429. The molecule has 1 amide bonds. The maximum atomic E-state index is 12.7. The Labute approximate surface area is 169 Å². The summed E-state index contributed by atoms with van der Waals surface area (Å²) in [7, 11) is 0. The van der Waals surface area contributed by atoms with Crippen LogP contribution in [0.1, 0.15) is 44.6 Å². The zero-order valence-corrected chi connectivity index (χ0v) is 16.8. The molecule has 0 bridgehead atoms. The molecule has 29 heavy (non-hydrogen) atoms. The van der Waals surface area contributed by atoms with Crippen molar-refractivity contribution in [2.75, 3.05) is 23.3 Å². The number of anilines is 2. The van der Waals surface area contributed by atoms with E-state index in [2.05, 4.69) is 34.1 Å². The van der Waals surface area contributed by atoms with Crippen molar-refractivity contribution in [1.82, 2.24) is 19.2 Å². The Bertz CT molecular complexity index is 1060. The SMILES string of the molecule is CC(C)c1ccc(NC(=O)Cn2nc3c(N4CCCCC4)nccn3c2=O)cc1. The average Bonchev–Trinajstić information content (AvgIpc) is 3.04. The van der Waals surface area contributed by atoms with Crippen molar-refractivity contribution in [2.24, 2.45) is 0 Å². The van der Waals surface area contributed by atoms with E-state index in [4.69, 9.17) is 0 Å². The molecule has 0 aliphatic carbocycles. The molecule has 3 heterocycles. The van der Waals surface area contributed by atoms with Gasteiger partial charge in [-0.2, -0.15) is 0 Å². The molecule has 1 saturated heterocycles. The van der Waals surface area contributed by atoms with Gasteiger partial charge in [-0.25, -0.2) is 18.9 Å². The van der Waals surface area contributed by atoms with Crippen molar-refractivity contribution in [3.63, 3.8) is 0 Å². The van der Waals surface area contributed by atoms with Gasteiger partial charge in [0.05, 0.1) is 0 Å². The fourth-order valence-electron chi connectivity index (χ4n) is 3.66. The number of nitrogens with zero attached hydrogens (tertiary/aromatic N) is 5. The number of carbonyl (C=O) groups is 1. The van der Waals surface area contributed by atoms with Crippen LogP contribution in [0.2, 0.25) is 0 Å². The molecular formula is C21H26N6O2. The number of carbonyl (C=O) groups excluding carboxylic acids is 1. The Morgan fingerprint density at radius 3 is 2.55 bits per heavy atom. The van der Waals surface area contributed by atoms with E-state index in [1.807, 2.05) is 24.3 Å². The normalized spacial score (nSPS) is 14.5. The van der Waals surface area contributed by atoms with Gasteiger partial charge in [-0.3, -0.25) is 4.79 Å². The van der Waals surface area contributed by atoms with Crippen LogP contribution in [0.15, 0.2) is 41.5 Å². The van der Waals surface area contributed by atoms with Gasteiger partial charge in [-0.15, -0.1) is 5.10 Å². The molecule has 8 nitrogen and oxygen atoms in total. The van der Waals surface area contributed by atoms with Gasteiger partial charge >= 0.3 is 5.69 Å². The van der Waals surface area contributed by atoms with E-state index in [9.17, 15) is 9.59 Å². The van der Waals surface area contributed by atoms with Crippen molar-refractivity contribution in [3.8, 4) is 0 Å². The molecule has 3 aromatic rings. The molecule has 2 aromatic heterocycles. The van der Waals surface area contributed by atoms with Gasteiger partial charge in [-0.05, 0) is 42.9 Å². The van der Waals surface area contributed by atoms with Crippen molar-refractivity contribution >= 4 is 23.1 Å². The maximum Gasteiger partial charge on any atom is 0.350 e. The number of fused-ring (bicyclic) bond motifs is 1. The summed E-state index contributed by atoms with van der Waals surface area (Å²) < 4.78 is 2.66. The molecule has 0 unspecified atom stereocenters. The number of hydrogen-bond donors (Lipinski definition) is 1. The van der Waals surface area contributed by atoms with Crippen LogP contribution in [0.25, 0.3) is 5.65 Å². The van der Waals surface area contributed by atoms with Gasteiger partial charge in [0.1, 0.15) is 6.54 Å². The summed E-state index contributed by atoms with van der Waals surface area (Å²) in [6.07, 6.45) is 6.62. The number of piperidine rings is 1. The number of hydrogen-bond acceptors (Lipinski definition) is 5. The number of nitrogens with one attached hydrogen (secondary N) is 1. The summed E-state index contributed by atoms with van der Waals surface area (Å²) in [6, 6.07) is 7.73. The lowest BCUT2D eigenvalue weighted by Gasteiger charge is -2.27. The van der Waals surface area contributed by atoms with Gasteiger partial charge in [0.15, 0.2) is 5.82 Å². The van der Waals surface area contributed by atoms with Crippen molar-refractivity contribution in [1.29, 1.82) is 0 Å². The van der Waals surface area contributed by atoms with E-state index in [1.54, 1.807) is 12.4 Å². The van der Waals surface area contributed by atoms with Crippen molar-refractivity contribution in [3.05, 3.63) is 52.7 Å². The first-order chi connectivity index (χ1) is 14.0. The molecule has 1 aliphatic heterocycles. The highest BCUT2D eigenvalue weighted by Crippen LogP contribution is 2.20. The quantitative estimate of drug-likeness (QED) is 0.719. The van der Waals surface area contributed by atoms with Gasteiger partial charge in [0.25, 0.3) is 0 Å². The van der Waals surface area contributed by atoms with Crippen molar-refractivity contribution < 1.29 is 4.79 Å². The molecule has 8 heteroatoms. The van der Waals surface area contributed by atoms with E-state index in [1.165, 1.54) is 21.1 Å². The molecule has 0 saturated carbocycles. The summed E-state index contributed by atoms with van der Waals surface area (Å²) in [5.41, 5.74) is 2.06. The minimum atomic E-state index is -0.342. The minimum absolute atomic E-state index is 0.147. The van der Waals surface area contributed by atoms with Crippen LogP contribution in [-0.2, 0) is 11.3 Å². The summed E-state index contributed by atoms with van der Waals surface area (Å²) >= 11 is 0. The molecule has 1 N–H and O–H groups in total. The highest BCUT2D eigenvalue weighted by Gasteiger charge is 2.19. The second-order valence-corrected chi connectivity index (χ2v) is 7.76. The second kappa shape index (κ2) is 8.06. The number of aromatic nitrogens is 4.